The Hall–Kier alpha value is -3.23. The standard InChI is InChI=1S/C19H17F3N4O6S/c20-19(21,22)32-11-1-3-13(4-2-11)33(27,28)14-7-15(23)17(24-8-14)18-26-25-16(31-18)10-30-12-5-6-29-9-12/h1-4,7-8,12H,5-6,9-10,23H2. The maximum Gasteiger partial charge on any atom is 0.573 e. The van der Waals surface area contributed by atoms with E-state index in [9.17, 15) is 21.6 Å². The molecule has 0 amide bonds. The van der Waals surface area contributed by atoms with E-state index in [4.69, 9.17) is 19.6 Å². The summed E-state index contributed by atoms with van der Waals surface area (Å²) in [4.78, 5) is 3.49. The van der Waals surface area contributed by atoms with Crippen LogP contribution in [0.2, 0.25) is 0 Å². The van der Waals surface area contributed by atoms with Gasteiger partial charge in [-0.05, 0) is 36.8 Å². The molecule has 0 aliphatic carbocycles. The Morgan fingerprint density at radius 2 is 1.91 bits per heavy atom. The summed E-state index contributed by atoms with van der Waals surface area (Å²) in [5.41, 5.74) is 5.98. The largest absolute Gasteiger partial charge is 0.573 e. The van der Waals surface area contributed by atoms with Crippen LogP contribution in [-0.4, -0.2) is 49.3 Å². The van der Waals surface area contributed by atoms with E-state index < -0.39 is 21.9 Å². The van der Waals surface area contributed by atoms with Crippen molar-refractivity contribution in [1.82, 2.24) is 15.2 Å². The van der Waals surface area contributed by atoms with Gasteiger partial charge in [-0.25, -0.2) is 13.4 Å². The van der Waals surface area contributed by atoms with Crippen molar-refractivity contribution < 1.29 is 40.2 Å². The van der Waals surface area contributed by atoms with Gasteiger partial charge in [-0.2, -0.15) is 0 Å². The molecule has 1 aliphatic rings. The molecule has 3 aromatic rings. The lowest BCUT2D eigenvalue weighted by atomic mass is 10.3. The van der Waals surface area contributed by atoms with Gasteiger partial charge in [0.1, 0.15) is 12.4 Å². The second-order valence-electron chi connectivity index (χ2n) is 6.93. The molecule has 0 saturated carbocycles. The SMILES string of the molecule is Nc1cc(S(=O)(=O)c2ccc(OC(F)(F)F)cc2)cnc1-c1nnc(COC2CCOC2)o1. The van der Waals surface area contributed by atoms with Crippen LogP contribution in [0.4, 0.5) is 18.9 Å². The van der Waals surface area contributed by atoms with Crippen molar-refractivity contribution in [2.45, 2.75) is 35.3 Å². The molecule has 1 aliphatic heterocycles. The molecule has 14 heteroatoms. The maximum absolute atomic E-state index is 12.8. The molecule has 1 unspecified atom stereocenters. The molecular formula is C19H17F3N4O6S. The molecule has 176 valence electrons. The first kappa shape index (κ1) is 22.9. The monoisotopic (exact) mass is 486 g/mol. The highest BCUT2D eigenvalue weighted by atomic mass is 32.2. The van der Waals surface area contributed by atoms with Crippen LogP contribution < -0.4 is 10.5 Å². The summed E-state index contributed by atoms with van der Waals surface area (Å²) in [6.45, 7) is 1.19. The number of benzene rings is 1. The van der Waals surface area contributed by atoms with Crippen LogP contribution in [0.25, 0.3) is 11.6 Å². The number of pyridine rings is 1. The quantitative estimate of drug-likeness (QED) is 0.530. The Balaban J connectivity index is 1.50. The fraction of sp³-hybridized carbons (Fsp3) is 0.316. The predicted molar refractivity (Wildman–Crippen MR) is 105 cm³/mol. The highest BCUT2D eigenvalue weighted by Crippen LogP contribution is 2.30. The summed E-state index contributed by atoms with van der Waals surface area (Å²) in [5, 5.41) is 7.71. The lowest BCUT2D eigenvalue weighted by Gasteiger charge is -2.10. The van der Waals surface area contributed by atoms with Crippen molar-refractivity contribution in [2.24, 2.45) is 0 Å². The van der Waals surface area contributed by atoms with Crippen molar-refractivity contribution in [1.29, 1.82) is 0 Å². The number of aromatic nitrogens is 3. The summed E-state index contributed by atoms with van der Waals surface area (Å²) in [5.74, 6) is -0.381. The van der Waals surface area contributed by atoms with E-state index in [1.54, 1.807) is 0 Å². The Bertz CT molecular complexity index is 1230. The van der Waals surface area contributed by atoms with Gasteiger partial charge in [0.25, 0.3) is 5.89 Å². The second kappa shape index (κ2) is 8.96. The van der Waals surface area contributed by atoms with Gasteiger partial charge in [0, 0.05) is 12.8 Å². The molecule has 3 heterocycles. The molecule has 0 radical (unpaired) electrons. The summed E-state index contributed by atoms with van der Waals surface area (Å²) >= 11 is 0. The lowest BCUT2D eigenvalue weighted by molar-refractivity contribution is -0.274. The number of ether oxygens (including phenoxy) is 3. The summed E-state index contributed by atoms with van der Waals surface area (Å²) < 4.78 is 82.5. The molecule has 0 bridgehead atoms. The van der Waals surface area contributed by atoms with Crippen molar-refractivity contribution >= 4 is 15.5 Å². The van der Waals surface area contributed by atoms with Crippen molar-refractivity contribution in [3.8, 4) is 17.3 Å². The lowest BCUT2D eigenvalue weighted by Crippen LogP contribution is -2.17. The summed E-state index contributed by atoms with van der Waals surface area (Å²) in [7, 11) is -4.11. The molecule has 2 aromatic heterocycles. The van der Waals surface area contributed by atoms with E-state index >= 15 is 0 Å². The number of nitrogens with zero attached hydrogens (tertiary/aromatic N) is 3. The molecular weight excluding hydrogens is 469 g/mol. The molecule has 33 heavy (non-hydrogen) atoms. The van der Waals surface area contributed by atoms with Crippen molar-refractivity contribution in [3.63, 3.8) is 0 Å². The summed E-state index contributed by atoms with van der Waals surface area (Å²) in [6.07, 6.45) is -3.14. The number of anilines is 1. The third-order valence-corrected chi connectivity index (χ3v) is 6.31. The Morgan fingerprint density at radius 1 is 1.15 bits per heavy atom. The van der Waals surface area contributed by atoms with E-state index in [2.05, 4.69) is 19.9 Å². The number of alkyl halides is 3. The molecule has 10 nitrogen and oxygen atoms in total. The number of hydrogen-bond acceptors (Lipinski definition) is 10. The number of rotatable bonds is 7. The third-order valence-electron chi connectivity index (χ3n) is 4.57. The van der Waals surface area contributed by atoms with Crippen LogP contribution in [-0.2, 0) is 25.9 Å². The van der Waals surface area contributed by atoms with Gasteiger partial charge in [-0.15, -0.1) is 23.4 Å². The smallest absolute Gasteiger partial charge is 0.417 e. The first-order chi connectivity index (χ1) is 15.6. The third kappa shape index (κ3) is 5.40. The highest BCUT2D eigenvalue weighted by molar-refractivity contribution is 7.91. The minimum atomic E-state index is -4.89. The molecule has 1 fully saturated rings. The normalized spacial score (nSPS) is 16.8. The van der Waals surface area contributed by atoms with E-state index in [1.807, 2.05) is 0 Å². The Morgan fingerprint density at radius 3 is 2.55 bits per heavy atom. The topological polar surface area (TPSA) is 140 Å². The molecule has 1 atom stereocenters. The molecule has 1 aromatic carbocycles. The van der Waals surface area contributed by atoms with Crippen LogP contribution in [0.1, 0.15) is 12.3 Å². The van der Waals surface area contributed by atoms with Crippen LogP contribution >= 0.6 is 0 Å². The number of sulfone groups is 1. The van der Waals surface area contributed by atoms with Crippen LogP contribution in [0, 0.1) is 0 Å². The van der Waals surface area contributed by atoms with E-state index in [1.165, 1.54) is 0 Å². The van der Waals surface area contributed by atoms with Gasteiger partial charge in [0.2, 0.25) is 15.7 Å². The zero-order chi connectivity index (χ0) is 23.6. The van der Waals surface area contributed by atoms with Crippen molar-refractivity contribution in [3.05, 3.63) is 42.4 Å². The van der Waals surface area contributed by atoms with E-state index in [-0.39, 0.29) is 45.7 Å². The molecule has 1 saturated heterocycles. The number of nitrogens with two attached hydrogens (primary N) is 1. The van der Waals surface area contributed by atoms with Crippen LogP contribution in [0.5, 0.6) is 5.75 Å². The van der Waals surface area contributed by atoms with Gasteiger partial charge in [0.15, 0.2) is 5.69 Å². The number of halogens is 3. The second-order valence-corrected chi connectivity index (χ2v) is 8.88. The van der Waals surface area contributed by atoms with Gasteiger partial charge >= 0.3 is 6.36 Å². The van der Waals surface area contributed by atoms with Gasteiger partial charge < -0.3 is 24.4 Å². The minimum Gasteiger partial charge on any atom is -0.417 e. The number of hydrogen-bond donors (Lipinski definition) is 1. The van der Waals surface area contributed by atoms with Crippen LogP contribution in [0.3, 0.4) is 0 Å². The molecule has 0 spiro atoms. The fourth-order valence-corrected chi connectivity index (χ4v) is 4.23. The predicted octanol–water partition coefficient (Wildman–Crippen LogP) is 2.75. The van der Waals surface area contributed by atoms with E-state index in [0.29, 0.717) is 13.2 Å². The summed E-state index contributed by atoms with van der Waals surface area (Å²) in [6, 6.07) is 4.91. The highest BCUT2D eigenvalue weighted by Gasteiger charge is 2.31. The average Bonchev–Trinajstić information content (AvgIpc) is 3.43. The Labute approximate surface area is 185 Å². The van der Waals surface area contributed by atoms with Gasteiger partial charge in [-0.3, -0.25) is 0 Å². The molecule has 4 rings (SSSR count). The van der Waals surface area contributed by atoms with Gasteiger partial charge in [-0.1, -0.05) is 0 Å². The van der Waals surface area contributed by atoms with Crippen molar-refractivity contribution in [2.75, 3.05) is 18.9 Å². The fourth-order valence-electron chi connectivity index (χ4n) is 2.98. The number of nitrogen functional groups attached to an aromatic ring is 1. The first-order valence-electron chi connectivity index (χ1n) is 9.50. The van der Waals surface area contributed by atoms with Crippen LogP contribution in [0.15, 0.2) is 50.7 Å². The first-order valence-corrected chi connectivity index (χ1v) is 11.0. The van der Waals surface area contributed by atoms with Gasteiger partial charge in [0.05, 0.1) is 28.2 Å². The molecule has 2 N–H and O–H groups in total. The van der Waals surface area contributed by atoms with E-state index in [0.717, 1.165) is 42.9 Å². The zero-order valence-electron chi connectivity index (χ0n) is 16.8. The maximum atomic E-state index is 12.8. The zero-order valence-corrected chi connectivity index (χ0v) is 17.6. The minimum absolute atomic E-state index is 0.0219. The Kier molecular flexibility index (Phi) is 6.23. The average molecular weight is 486 g/mol.